The first-order chi connectivity index (χ1) is 11.9. The predicted molar refractivity (Wildman–Crippen MR) is 92.4 cm³/mol. The third-order valence-electron chi connectivity index (χ3n) is 3.68. The fourth-order valence-corrected chi connectivity index (χ4v) is 2.14. The lowest BCUT2D eigenvalue weighted by Gasteiger charge is -2.22. The highest BCUT2D eigenvalue weighted by Crippen LogP contribution is 2.04. The fraction of sp³-hybridized carbons (Fsp3) is 0.800. The van der Waals surface area contributed by atoms with Crippen LogP contribution in [-0.4, -0.2) is 65.8 Å². The Bertz CT molecular complexity index is 421. The summed E-state index contributed by atoms with van der Waals surface area (Å²) >= 11 is 0. The second-order valence-corrected chi connectivity index (χ2v) is 5.82. The number of carboxylic acids is 1. The summed E-state index contributed by atoms with van der Waals surface area (Å²) in [6.45, 7) is 0.203. The Labute approximate surface area is 147 Å². The van der Waals surface area contributed by atoms with Gasteiger partial charge in [-0.3, -0.25) is 9.59 Å². The molecular weight excluding hydrogens is 330 g/mol. The number of nitrogens with one attached hydrogen (secondary N) is 2. The summed E-state index contributed by atoms with van der Waals surface area (Å²) in [6.07, 6.45) is 3.41. The lowest BCUT2D eigenvalue weighted by Crippen LogP contribution is -2.55. The van der Waals surface area contributed by atoms with Crippen molar-refractivity contribution in [1.82, 2.24) is 10.6 Å². The van der Waals surface area contributed by atoms with Crippen LogP contribution in [0.1, 0.15) is 38.5 Å². The Morgan fingerprint density at radius 1 is 0.840 bits per heavy atom. The quantitative estimate of drug-likeness (QED) is 0.167. The van der Waals surface area contributed by atoms with Crippen LogP contribution in [0.3, 0.4) is 0 Å². The van der Waals surface area contributed by atoms with Crippen LogP contribution in [0.4, 0.5) is 0 Å². The number of amides is 2. The van der Waals surface area contributed by atoms with Gasteiger partial charge in [0.1, 0.15) is 12.1 Å². The van der Waals surface area contributed by atoms with Crippen molar-refractivity contribution >= 4 is 17.8 Å². The van der Waals surface area contributed by atoms with E-state index in [0.29, 0.717) is 45.2 Å². The summed E-state index contributed by atoms with van der Waals surface area (Å²) in [4.78, 5) is 35.3. The predicted octanol–water partition coefficient (Wildman–Crippen LogP) is -2.38. The van der Waals surface area contributed by atoms with E-state index in [1.54, 1.807) is 0 Å². The van der Waals surface area contributed by atoms with Crippen molar-refractivity contribution in [1.29, 1.82) is 0 Å². The largest absolute Gasteiger partial charge is 0.480 e. The monoisotopic (exact) mass is 361 g/mol. The number of aliphatic hydroxyl groups is 1. The summed E-state index contributed by atoms with van der Waals surface area (Å²) in [5, 5.41) is 22.6. The number of unbranched alkanes of at least 4 members (excludes halogenated alkanes) is 2. The Morgan fingerprint density at radius 3 is 1.84 bits per heavy atom. The van der Waals surface area contributed by atoms with Crippen molar-refractivity contribution in [3.63, 3.8) is 0 Å². The Hall–Kier alpha value is -1.75. The summed E-state index contributed by atoms with van der Waals surface area (Å²) < 4.78 is 0. The molecule has 2 amide bonds. The van der Waals surface area contributed by atoms with Crippen LogP contribution in [0.25, 0.3) is 0 Å². The highest BCUT2D eigenvalue weighted by atomic mass is 16.4. The normalized spacial score (nSPS) is 14.4. The van der Waals surface area contributed by atoms with Crippen LogP contribution in [0.15, 0.2) is 0 Å². The zero-order valence-corrected chi connectivity index (χ0v) is 14.4. The Morgan fingerprint density at radius 2 is 1.36 bits per heavy atom. The van der Waals surface area contributed by atoms with E-state index < -0.39 is 42.5 Å². The molecule has 0 radical (unpaired) electrons. The molecule has 0 rings (SSSR count). The third-order valence-corrected chi connectivity index (χ3v) is 3.68. The molecule has 0 aliphatic rings. The summed E-state index contributed by atoms with van der Waals surface area (Å²) in [5.74, 6) is -2.52. The Balaban J connectivity index is 4.76. The van der Waals surface area contributed by atoms with E-state index in [1.165, 1.54) is 0 Å². The molecule has 0 bridgehead atoms. The van der Waals surface area contributed by atoms with Gasteiger partial charge in [-0.15, -0.1) is 0 Å². The number of hydrogen-bond acceptors (Lipinski definition) is 7. The molecular formula is C15H31N5O5. The van der Waals surface area contributed by atoms with E-state index in [-0.39, 0.29) is 0 Å². The van der Waals surface area contributed by atoms with Crippen molar-refractivity contribution in [3.05, 3.63) is 0 Å². The molecule has 0 aliphatic carbocycles. The highest BCUT2D eigenvalue weighted by molar-refractivity contribution is 5.91. The average Bonchev–Trinajstić information content (AvgIpc) is 2.58. The van der Waals surface area contributed by atoms with Crippen LogP contribution in [0.2, 0.25) is 0 Å². The molecule has 0 saturated heterocycles. The number of aliphatic hydroxyl groups excluding tert-OH is 1. The number of carbonyl (C=O) groups is 3. The van der Waals surface area contributed by atoms with E-state index in [1.807, 2.05) is 0 Å². The van der Waals surface area contributed by atoms with Crippen LogP contribution >= 0.6 is 0 Å². The molecule has 10 heteroatoms. The van der Waals surface area contributed by atoms with Crippen LogP contribution in [0.5, 0.6) is 0 Å². The van der Waals surface area contributed by atoms with E-state index in [2.05, 4.69) is 10.6 Å². The first-order valence-corrected chi connectivity index (χ1v) is 8.47. The molecule has 0 heterocycles. The van der Waals surface area contributed by atoms with Gasteiger partial charge in [-0.05, 0) is 45.2 Å². The number of aliphatic carboxylic acids is 1. The lowest BCUT2D eigenvalue weighted by atomic mass is 10.1. The molecule has 25 heavy (non-hydrogen) atoms. The van der Waals surface area contributed by atoms with Gasteiger partial charge in [0.2, 0.25) is 11.8 Å². The van der Waals surface area contributed by atoms with Gasteiger partial charge in [-0.2, -0.15) is 0 Å². The van der Waals surface area contributed by atoms with E-state index >= 15 is 0 Å². The van der Waals surface area contributed by atoms with Crippen LogP contribution in [0, 0.1) is 0 Å². The number of carboxylic acid groups (broad SMARTS) is 1. The molecule has 3 atom stereocenters. The average molecular weight is 361 g/mol. The highest BCUT2D eigenvalue weighted by Gasteiger charge is 2.27. The smallest absolute Gasteiger partial charge is 0.328 e. The molecule has 0 aliphatic heterocycles. The van der Waals surface area contributed by atoms with Crippen molar-refractivity contribution < 1.29 is 24.6 Å². The van der Waals surface area contributed by atoms with E-state index in [0.717, 1.165) is 6.42 Å². The van der Waals surface area contributed by atoms with Gasteiger partial charge >= 0.3 is 5.97 Å². The minimum atomic E-state index is -1.43. The molecule has 0 aromatic heterocycles. The van der Waals surface area contributed by atoms with E-state index in [4.69, 9.17) is 27.4 Å². The minimum absolute atomic E-state index is 0.294. The second-order valence-electron chi connectivity index (χ2n) is 5.82. The first kappa shape index (κ1) is 23.2. The minimum Gasteiger partial charge on any atom is -0.480 e. The summed E-state index contributed by atoms with van der Waals surface area (Å²) in [7, 11) is 0. The number of rotatable bonds is 14. The zero-order valence-electron chi connectivity index (χ0n) is 14.4. The fourth-order valence-electron chi connectivity index (χ4n) is 2.14. The first-order valence-electron chi connectivity index (χ1n) is 8.47. The molecule has 0 saturated carbocycles. The van der Waals surface area contributed by atoms with Gasteiger partial charge in [-0.25, -0.2) is 4.79 Å². The van der Waals surface area contributed by atoms with Gasteiger partial charge < -0.3 is 38.0 Å². The number of carbonyl (C=O) groups excluding carboxylic acids is 2. The summed E-state index contributed by atoms with van der Waals surface area (Å²) in [6, 6.07) is -3.14. The second kappa shape index (κ2) is 13.5. The van der Waals surface area contributed by atoms with Crippen molar-refractivity contribution in [3.8, 4) is 0 Å². The van der Waals surface area contributed by atoms with Crippen LogP contribution in [-0.2, 0) is 14.4 Å². The van der Waals surface area contributed by atoms with Gasteiger partial charge in [0, 0.05) is 0 Å². The topological polar surface area (TPSA) is 194 Å². The summed E-state index contributed by atoms with van der Waals surface area (Å²) in [5.41, 5.74) is 16.6. The van der Waals surface area contributed by atoms with Crippen molar-refractivity contribution in [2.45, 2.75) is 56.7 Å². The molecule has 146 valence electrons. The van der Waals surface area contributed by atoms with Gasteiger partial charge in [0.15, 0.2) is 0 Å². The maximum atomic E-state index is 12.2. The molecule has 0 aromatic carbocycles. The maximum absolute atomic E-state index is 12.2. The maximum Gasteiger partial charge on any atom is 0.328 e. The molecule has 10 nitrogen and oxygen atoms in total. The van der Waals surface area contributed by atoms with Crippen LogP contribution < -0.4 is 27.8 Å². The Kier molecular flexibility index (Phi) is 12.6. The molecule has 0 aromatic rings. The molecule has 0 spiro atoms. The molecule has 0 unspecified atom stereocenters. The number of hydrogen-bond donors (Lipinski definition) is 7. The number of nitrogens with two attached hydrogens (primary N) is 3. The lowest BCUT2D eigenvalue weighted by molar-refractivity contribution is -0.143. The van der Waals surface area contributed by atoms with Crippen molar-refractivity contribution in [2.75, 3.05) is 19.7 Å². The molecule has 0 fully saturated rings. The third kappa shape index (κ3) is 9.97. The van der Waals surface area contributed by atoms with Crippen molar-refractivity contribution in [2.24, 2.45) is 17.2 Å². The standard InChI is InChI=1S/C15H31N5O5/c16-7-3-1-5-10(18)13(22)19-11(6-2-4-8-17)14(23)20-12(9-21)15(24)25/h10-12,21H,1-9,16-18H2,(H,19,22)(H,20,23)(H,24,25)/t10-,11-,12-/m0/s1. The van der Waals surface area contributed by atoms with Gasteiger partial charge in [0.05, 0.1) is 12.6 Å². The van der Waals surface area contributed by atoms with Gasteiger partial charge in [-0.1, -0.05) is 6.42 Å². The molecule has 10 N–H and O–H groups in total. The van der Waals surface area contributed by atoms with E-state index in [9.17, 15) is 14.4 Å². The SMILES string of the molecule is NCCCC[C@H](NC(=O)[C@@H](N)CCCCN)C(=O)N[C@@H](CO)C(=O)O. The zero-order chi connectivity index (χ0) is 19.2. The van der Waals surface area contributed by atoms with Gasteiger partial charge in [0.25, 0.3) is 0 Å².